The summed E-state index contributed by atoms with van der Waals surface area (Å²) in [5, 5.41) is 15.5. The number of rotatable bonds is 9. The Morgan fingerprint density at radius 2 is 1.18 bits per heavy atom. The first-order valence-corrected chi connectivity index (χ1v) is 20.5. The minimum Gasteiger partial charge on any atom is -0.507 e. The third-order valence-corrected chi connectivity index (χ3v) is 11.8. The third-order valence-electron chi connectivity index (χ3n) is 7.02. The molecule has 0 aliphatic rings. The number of phenols is 1. The van der Waals surface area contributed by atoms with Gasteiger partial charge in [0.15, 0.2) is 5.75 Å². The van der Waals surface area contributed by atoms with Crippen molar-refractivity contribution in [1.29, 1.82) is 0 Å². The van der Waals surface area contributed by atoms with Crippen molar-refractivity contribution in [3.63, 3.8) is 0 Å². The normalized spacial score (nSPS) is 13.3. The summed E-state index contributed by atoms with van der Waals surface area (Å²) in [5.74, 6) is -1.76. The Kier molecular flexibility index (Phi) is 9.15. The van der Waals surface area contributed by atoms with Gasteiger partial charge in [-0.25, -0.2) is 0 Å². The third kappa shape index (κ3) is 7.63. The maximum absolute atomic E-state index is 13.1. The minimum atomic E-state index is -5.44. The Hall–Kier alpha value is -4.79. The van der Waals surface area contributed by atoms with Crippen LogP contribution in [0.1, 0.15) is 5.56 Å². The number of benzene rings is 5. The topological polar surface area (TPSA) is 332 Å². The van der Waals surface area contributed by atoms with E-state index in [1.165, 1.54) is 12.1 Å². The lowest BCUT2D eigenvalue weighted by molar-refractivity contribution is 0.470. The molecule has 0 aromatic heterocycles. The molecule has 0 amide bonds. The molecule has 51 heavy (non-hydrogen) atoms. The van der Waals surface area contributed by atoms with E-state index in [1.54, 1.807) is 6.92 Å². The van der Waals surface area contributed by atoms with Crippen LogP contribution in [0, 0.1) is 6.92 Å². The van der Waals surface area contributed by atoms with Crippen molar-refractivity contribution in [2.24, 2.45) is 10.2 Å². The molecule has 0 saturated heterocycles. The summed E-state index contributed by atoms with van der Waals surface area (Å²) in [6, 6.07) is 9.54. The second-order valence-corrected chi connectivity index (χ2v) is 17.7. The number of hydrogen-bond donors (Lipinski definition) is 6. The molecule has 5 aromatic carbocycles. The molecule has 0 radical (unpaired) electrons. The molecule has 0 fully saturated rings. The number of aromatic hydroxyl groups is 1. The number of hydrogen-bond acceptors (Lipinski definition) is 15. The number of anilines is 1. The van der Waals surface area contributed by atoms with Gasteiger partial charge in [0.05, 0.1) is 9.79 Å². The molecule has 0 bridgehead atoms. The quantitative estimate of drug-likeness (QED) is 0.0534. The van der Waals surface area contributed by atoms with Gasteiger partial charge in [-0.05, 0) is 54.8 Å². The van der Waals surface area contributed by atoms with Crippen LogP contribution in [0.5, 0.6) is 11.5 Å². The highest BCUT2D eigenvalue weighted by Gasteiger charge is 2.27. The predicted octanol–water partition coefficient (Wildman–Crippen LogP) is 3.76. The highest BCUT2D eigenvalue weighted by molar-refractivity contribution is 7.87. The number of phenolic OH excluding ortho intramolecular Hbond substituents is 1. The van der Waals surface area contributed by atoms with Gasteiger partial charge >= 0.3 is 10.1 Å². The van der Waals surface area contributed by atoms with E-state index < -0.39 is 125 Å². The highest BCUT2D eigenvalue weighted by atomic mass is 32.2. The van der Waals surface area contributed by atoms with Crippen LogP contribution < -0.4 is 9.92 Å². The van der Waals surface area contributed by atoms with E-state index in [9.17, 15) is 65.4 Å². The van der Waals surface area contributed by atoms with Gasteiger partial charge in [-0.15, -0.1) is 10.2 Å². The lowest BCUT2D eigenvalue weighted by Gasteiger charge is -2.14. The molecule has 7 N–H and O–H groups in total. The van der Waals surface area contributed by atoms with Crippen LogP contribution in [0.3, 0.4) is 0 Å². The number of aryl methyl sites for hydroxylation is 1. The molecule has 0 saturated carbocycles. The fraction of sp³-hybridized carbons (Fsp3) is 0.0370. The Morgan fingerprint density at radius 3 is 1.73 bits per heavy atom. The Labute approximate surface area is 288 Å². The van der Waals surface area contributed by atoms with Crippen molar-refractivity contribution in [1.82, 2.24) is 0 Å². The van der Waals surface area contributed by atoms with Crippen LogP contribution in [0.15, 0.2) is 101 Å². The van der Waals surface area contributed by atoms with Gasteiger partial charge in [-0.1, -0.05) is 17.7 Å². The van der Waals surface area contributed by atoms with Gasteiger partial charge in [0.25, 0.3) is 40.5 Å². The molecule has 0 unspecified atom stereocenters. The number of nitrogen functional groups attached to an aromatic ring is 1. The Bertz CT molecular complexity index is 2910. The molecule has 24 heteroatoms. The highest BCUT2D eigenvalue weighted by Crippen LogP contribution is 2.43. The molecule has 0 heterocycles. The number of nitrogens with zero attached hydrogens (tertiary/aromatic N) is 2. The molecule has 5 aromatic rings. The molecule has 0 aliphatic carbocycles. The van der Waals surface area contributed by atoms with E-state index in [2.05, 4.69) is 10.2 Å². The summed E-state index contributed by atoms with van der Waals surface area (Å²) < 4.78 is 168. The lowest BCUT2D eigenvalue weighted by Crippen LogP contribution is -2.11. The van der Waals surface area contributed by atoms with Crippen molar-refractivity contribution in [3.05, 3.63) is 72.3 Å². The molecular weight excluding hydrogens is 783 g/mol. The molecule has 0 atom stereocenters. The molecular formula is C27H21N3O16S5. The van der Waals surface area contributed by atoms with E-state index >= 15 is 0 Å². The summed E-state index contributed by atoms with van der Waals surface area (Å²) in [6.07, 6.45) is 0. The number of fused-ring (bicyclic) bond motifs is 2. The molecule has 0 aliphatic heterocycles. The fourth-order valence-corrected chi connectivity index (χ4v) is 8.24. The van der Waals surface area contributed by atoms with Crippen molar-refractivity contribution >= 4 is 89.2 Å². The smallest absolute Gasteiger partial charge is 0.339 e. The summed E-state index contributed by atoms with van der Waals surface area (Å²) in [4.78, 5) is -4.77. The van der Waals surface area contributed by atoms with Gasteiger partial charge in [0.2, 0.25) is 0 Å². The Morgan fingerprint density at radius 1 is 0.608 bits per heavy atom. The first kappa shape index (κ1) is 37.5. The zero-order valence-electron chi connectivity index (χ0n) is 25.1. The molecule has 5 rings (SSSR count). The zero-order chi connectivity index (χ0) is 38.1. The van der Waals surface area contributed by atoms with Gasteiger partial charge in [0.1, 0.15) is 31.8 Å². The minimum absolute atomic E-state index is 0.400. The van der Waals surface area contributed by atoms with E-state index in [0.29, 0.717) is 35.9 Å². The van der Waals surface area contributed by atoms with E-state index in [4.69, 9.17) is 9.92 Å². The SMILES string of the molecule is Cc1ccc(S(=O)(=O)Oc2cc(S(=O)(=O)O)cc3cc(S(=O)(=O)O)c(N=Nc4cc(N)c5c(O)cc(S(=O)(=O)O)cc5c4S(=O)(=O)O)cc23)cc1. The van der Waals surface area contributed by atoms with Crippen LogP contribution in [-0.4, -0.2) is 65.4 Å². The molecule has 19 nitrogen and oxygen atoms in total. The van der Waals surface area contributed by atoms with Crippen LogP contribution in [0.4, 0.5) is 17.1 Å². The van der Waals surface area contributed by atoms with Gasteiger partial charge in [-0.3, -0.25) is 18.2 Å². The largest absolute Gasteiger partial charge is 0.507 e. The van der Waals surface area contributed by atoms with E-state index in [1.807, 2.05) is 0 Å². The number of nitrogens with two attached hydrogens (primary N) is 1. The van der Waals surface area contributed by atoms with Crippen molar-refractivity contribution in [2.75, 3.05) is 5.73 Å². The maximum atomic E-state index is 13.1. The zero-order valence-corrected chi connectivity index (χ0v) is 29.2. The van der Waals surface area contributed by atoms with Crippen molar-refractivity contribution < 1.29 is 69.6 Å². The number of azo groups is 1. The van der Waals surface area contributed by atoms with Gasteiger partial charge < -0.3 is 15.0 Å². The summed E-state index contributed by atoms with van der Waals surface area (Å²) in [6.45, 7) is 1.66. The first-order valence-electron chi connectivity index (χ1n) is 13.3. The van der Waals surface area contributed by atoms with Crippen molar-refractivity contribution in [3.8, 4) is 11.5 Å². The van der Waals surface area contributed by atoms with Crippen LogP contribution in [0.25, 0.3) is 21.5 Å². The van der Waals surface area contributed by atoms with Gasteiger partial charge in [0, 0.05) is 34.0 Å². The average molecular weight is 804 g/mol. The van der Waals surface area contributed by atoms with E-state index in [0.717, 1.165) is 24.3 Å². The lowest BCUT2D eigenvalue weighted by atomic mass is 10.1. The monoisotopic (exact) mass is 803 g/mol. The van der Waals surface area contributed by atoms with Crippen LogP contribution in [-0.2, 0) is 50.6 Å². The van der Waals surface area contributed by atoms with Crippen LogP contribution >= 0.6 is 0 Å². The summed E-state index contributed by atoms with van der Waals surface area (Å²) in [5.41, 5.74) is 4.32. The van der Waals surface area contributed by atoms with E-state index in [-0.39, 0.29) is 0 Å². The second-order valence-electron chi connectivity index (χ2n) is 10.6. The summed E-state index contributed by atoms with van der Waals surface area (Å²) in [7, 11) is -25.7. The molecule has 0 spiro atoms. The van der Waals surface area contributed by atoms with Gasteiger partial charge in [-0.2, -0.15) is 42.1 Å². The second kappa shape index (κ2) is 12.5. The Balaban J connectivity index is 1.82. The van der Waals surface area contributed by atoms with Crippen molar-refractivity contribution in [2.45, 2.75) is 31.4 Å². The fourth-order valence-electron chi connectivity index (χ4n) is 4.80. The summed E-state index contributed by atoms with van der Waals surface area (Å²) >= 11 is 0. The van der Waals surface area contributed by atoms with Crippen LogP contribution in [0.2, 0.25) is 0 Å². The standard InChI is InChI=1S/C27H21N3O16S5/c1-13-2-4-15(5-3-13)51(44,45)46-24-10-16(47(32,33)34)6-14-7-25(49(38,39)40)21(11-18(14)24)29-30-22-12-20(28)26-19(27(22)50(41,42)43)8-17(9-23(26)31)48(35,36)37/h2-12,31H,28H2,1H3,(H,32,33,34)(H,35,36,37)(H,38,39,40)(H,41,42,43). The predicted molar refractivity (Wildman–Crippen MR) is 176 cm³/mol. The first-order chi connectivity index (χ1) is 23.3. The molecule has 270 valence electrons. The average Bonchev–Trinajstić information content (AvgIpc) is 2.97. The maximum Gasteiger partial charge on any atom is 0.339 e.